The van der Waals surface area contributed by atoms with Gasteiger partial charge in [0.15, 0.2) is 0 Å². The maximum absolute atomic E-state index is 3.28. The summed E-state index contributed by atoms with van der Waals surface area (Å²) in [6.07, 6.45) is 28.8. The highest BCUT2D eigenvalue weighted by atomic mass is 31.0. The lowest BCUT2D eigenvalue weighted by Gasteiger charge is -2.29. The number of hydrogen-bond donors (Lipinski definition) is 0. The van der Waals surface area contributed by atoms with Gasteiger partial charge < -0.3 is 0 Å². The average molecular weight is 371 g/mol. The van der Waals surface area contributed by atoms with Crippen LogP contribution in [0.2, 0.25) is 0 Å². The fourth-order valence-corrected chi connectivity index (χ4v) is 4.79. The van der Waals surface area contributed by atoms with Gasteiger partial charge in [-0.05, 0) is 24.4 Å². The molecule has 0 saturated carbocycles. The Labute approximate surface area is 163 Å². The molecule has 0 aliphatic heterocycles. The van der Waals surface area contributed by atoms with Gasteiger partial charge in [-0.1, -0.05) is 130 Å². The van der Waals surface area contributed by atoms with Crippen molar-refractivity contribution in [2.24, 2.45) is 0 Å². The molecule has 0 aromatic heterocycles. The highest BCUT2D eigenvalue weighted by molar-refractivity contribution is 7.19. The maximum Gasteiger partial charge on any atom is -0.0150 e. The molecule has 0 spiro atoms. The zero-order chi connectivity index (χ0) is 18.6. The molecule has 0 aliphatic carbocycles. The first-order valence-electron chi connectivity index (χ1n) is 12.0. The lowest BCUT2D eigenvalue weighted by atomic mass is 9.89. The topological polar surface area (TPSA) is 0 Å². The van der Waals surface area contributed by atoms with Crippen LogP contribution in [0.1, 0.15) is 149 Å². The molecule has 0 rings (SSSR count). The normalized spacial score (nSPS) is 12.0. The molecule has 0 aromatic rings. The second-order valence-electron chi connectivity index (χ2n) is 8.56. The van der Waals surface area contributed by atoms with Gasteiger partial charge in [0.05, 0.1) is 0 Å². The van der Waals surface area contributed by atoms with Crippen LogP contribution in [0, 0.1) is 0 Å². The standard InChI is InChI=1S/C24H51P/c1-4-7-9-11-13-15-17-19-22-24(25,21-6-3)23-20-18-16-14-12-10-8-5-2/h4-23,25H2,1-3H3. The summed E-state index contributed by atoms with van der Waals surface area (Å²) in [6.45, 7) is 6.97. The summed E-state index contributed by atoms with van der Waals surface area (Å²) < 4.78 is 0. The molecule has 0 N–H and O–H groups in total. The van der Waals surface area contributed by atoms with Crippen LogP contribution in [-0.2, 0) is 0 Å². The molecule has 25 heavy (non-hydrogen) atoms. The van der Waals surface area contributed by atoms with E-state index in [1.807, 2.05) is 0 Å². The molecular formula is C24H51P. The van der Waals surface area contributed by atoms with Crippen molar-refractivity contribution in [2.45, 2.75) is 154 Å². The molecule has 0 aliphatic rings. The van der Waals surface area contributed by atoms with Crippen LogP contribution in [0.4, 0.5) is 0 Å². The van der Waals surface area contributed by atoms with Gasteiger partial charge in [-0.25, -0.2) is 0 Å². The molecule has 1 unspecified atom stereocenters. The van der Waals surface area contributed by atoms with Crippen molar-refractivity contribution >= 4 is 9.24 Å². The van der Waals surface area contributed by atoms with Crippen molar-refractivity contribution in [1.82, 2.24) is 0 Å². The zero-order valence-corrected chi connectivity index (χ0v) is 19.4. The zero-order valence-electron chi connectivity index (χ0n) is 18.2. The van der Waals surface area contributed by atoms with E-state index < -0.39 is 0 Å². The van der Waals surface area contributed by atoms with Crippen LogP contribution >= 0.6 is 9.24 Å². The van der Waals surface area contributed by atoms with E-state index in [4.69, 9.17) is 0 Å². The molecule has 0 heterocycles. The second-order valence-corrected chi connectivity index (χ2v) is 9.79. The first kappa shape index (κ1) is 25.4. The largest absolute Gasteiger partial charge is 0.131 e. The number of unbranched alkanes of at least 4 members (excludes halogenated alkanes) is 14. The molecule has 152 valence electrons. The summed E-state index contributed by atoms with van der Waals surface area (Å²) in [5.74, 6) is 0. The van der Waals surface area contributed by atoms with Crippen molar-refractivity contribution in [2.75, 3.05) is 0 Å². The Balaban J connectivity index is 3.66. The SMILES string of the molecule is CCCCCCCCCCC(P)(CCC)CCCCCCCCCC. The molecule has 0 aromatic carbocycles. The first-order valence-corrected chi connectivity index (χ1v) is 12.5. The monoisotopic (exact) mass is 370 g/mol. The Kier molecular flexibility index (Phi) is 19.5. The summed E-state index contributed by atoms with van der Waals surface area (Å²) in [5, 5.41) is 0.555. The summed E-state index contributed by atoms with van der Waals surface area (Å²) in [6, 6.07) is 0. The van der Waals surface area contributed by atoms with Crippen LogP contribution in [0.25, 0.3) is 0 Å². The van der Waals surface area contributed by atoms with E-state index in [0.29, 0.717) is 5.16 Å². The lowest BCUT2D eigenvalue weighted by molar-refractivity contribution is 0.415. The maximum atomic E-state index is 3.28. The van der Waals surface area contributed by atoms with Crippen LogP contribution in [0.3, 0.4) is 0 Å². The predicted octanol–water partition coefficient (Wildman–Crippen LogP) is 9.46. The Morgan fingerprint density at radius 2 is 0.720 bits per heavy atom. The Morgan fingerprint density at radius 1 is 0.400 bits per heavy atom. The predicted molar refractivity (Wildman–Crippen MR) is 122 cm³/mol. The van der Waals surface area contributed by atoms with Crippen molar-refractivity contribution in [3.8, 4) is 0 Å². The van der Waals surface area contributed by atoms with E-state index in [1.165, 1.54) is 128 Å². The van der Waals surface area contributed by atoms with Crippen LogP contribution < -0.4 is 0 Å². The van der Waals surface area contributed by atoms with E-state index >= 15 is 0 Å². The quantitative estimate of drug-likeness (QED) is 0.148. The summed E-state index contributed by atoms with van der Waals surface area (Å²) >= 11 is 0. The summed E-state index contributed by atoms with van der Waals surface area (Å²) in [7, 11) is 3.28. The second kappa shape index (κ2) is 19.2. The third-order valence-electron chi connectivity index (χ3n) is 5.80. The van der Waals surface area contributed by atoms with Gasteiger partial charge in [0.2, 0.25) is 0 Å². The van der Waals surface area contributed by atoms with Gasteiger partial charge in [-0.3, -0.25) is 0 Å². The Hall–Kier alpha value is 0.430. The minimum absolute atomic E-state index is 0.555. The van der Waals surface area contributed by atoms with E-state index in [1.54, 1.807) is 0 Å². The van der Waals surface area contributed by atoms with Crippen LogP contribution in [-0.4, -0.2) is 5.16 Å². The van der Waals surface area contributed by atoms with Crippen molar-refractivity contribution < 1.29 is 0 Å². The van der Waals surface area contributed by atoms with Gasteiger partial charge in [0, 0.05) is 0 Å². The molecule has 0 bridgehead atoms. The van der Waals surface area contributed by atoms with Crippen LogP contribution in [0.5, 0.6) is 0 Å². The van der Waals surface area contributed by atoms with Gasteiger partial charge >= 0.3 is 0 Å². The van der Waals surface area contributed by atoms with Gasteiger partial charge in [-0.2, -0.15) is 0 Å². The molecule has 0 nitrogen and oxygen atoms in total. The fraction of sp³-hybridized carbons (Fsp3) is 1.00. The minimum atomic E-state index is 0.555. The van der Waals surface area contributed by atoms with E-state index in [0.717, 1.165) is 0 Å². The molecule has 1 heteroatoms. The third kappa shape index (κ3) is 17.6. The Morgan fingerprint density at radius 3 is 1.04 bits per heavy atom. The lowest BCUT2D eigenvalue weighted by Crippen LogP contribution is -2.20. The third-order valence-corrected chi connectivity index (χ3v) is 6.67. The van der Waals surface area contributed by atoms with Gasteiger partial charge in [0.1, 0.15) is 0 Å². The van der Waals surface area contributed by atoms with Crippen molar-refractivity contribution in [3.05, 3.63) is 0 Å². The minimum Gasteiger partial charge on any atom is -0.131 e. The molecule has 0 fully saturated rings. The smallest absolute Gasteiger partial charge is 0.0150 e. The molecule has 0 saturated heterocycles. The summed E-state index contributed by atoms with van der Waals surface area (Å²) in [4.78, 5) is 0. The molecular weight excluding hydrogens is 319 g/mol. The fourth-order valence-electron chi connectivity index (χ4n) is 4.09. The van der Waals surface area contributed by atoms with Crippen molar-refractivity contribution in [1.29, 1.82) is 0 Å². The number of rotatable bonds is 20. The van der Waals surface area contributed by atoms with Gasteiger partial charge in [0.25, 0.3) is 0 Å². The van der Waals surface area contributed by atoms with Gasteiger partial charge in [-0.15, -0.1) is 9.24 Å². The first-order chi connectivity index (χ1) is 12.2. The van der Waals surface area contributed by atoms with E-state index in [-0.39, 0.29) is 0 Å². The van der Waals surface area contributed by atoms with E-state index in [2.05, 4.69) is 30.0 Å². The highest BCUT2D eigenvalue weighted by Gasteiger charge is 2.22. The molecule has 0 amide bonds. The van der Waals surface area contributed by atoms with Crippen molar-refractivity contribution in [3.63, 3.8) is 0 Å². The Bertz CT molecular complexity index is 228. The highest BCUT2D eigenvalue weighted by Crippen LogP contribution is 2.36. The number of hydrogen-bond acceptors (Lipinski definition) is 0. The van der Waals surface area contributed by atoms with E-state index in [9.17, 15) is 0 Å². The molecule has 0 radical (unpaired) electrons. The summed E-state index contributed by atoms with van der Waals surface area (Å²) in [5.41, 5.74) is 0. The average Bonchev–Trinajstić information content (AvgIpc) is 2.60. The van der Waals surface area contributed by atoms with Crippen LogP contribution in [0.15, 0.2) is 0 Å². The molecule has 1 atom stereocenters.